The van der Waals surface area contributed by atoms with Crippen molar-refractivity contribution < 1.29 is 9.63 Å². The number of hydrogen-bond donors (Lipinski definition) is 2. The number of carbonyl (C=O) groups is 1. The summed E-state index contributed by atoms with van der Waals surface area (Å²) in [6.07, 6.45) is 3.94. The lowest BCUT2D eigenvalue weighted by Gasteiger charge is -2.26. The van der Waals surface area contributed by atoms with Gasteiger partial charge in [-0.2, -0.15) is 0 Å². The molecule has 0 atom stereocenters. The average Bonchev–Trinajstić information content (AvgIpc) is 2.48. The minimum absolute atomic E-state index is 0.00593. The Morgan fingerprint density at radius 2 is 1.89 bits per heavy atom. The number of amides is 1. The van der Waals surface area contributed by atoms with Crippen molar-refractivity contribution in [3.8, 4) is 0 Å². The molecule has 0 unspecified atom stereocenters. The first-order valence-corrected chi connectivity index (χ1v) is 6.95. The van der Waals surface area contributed by atoms with Crippen LogP contribution in [0.5, 0.6) is 0 Å². The van der Waals surface area contributed by atoms with E-state index in [0.29, 0.717) is 12.5 Å². The molecule has 1 amide bonds. The number of nitrogens with two attached hydrogens (primary N) is 1. The first-order chi connectivity index (χ1) is 9.29. The molecule has 2 rings (SSSR count). The van der Waals surface area contributed by atoms with Gasteiger partial charge in [0.1, 0.15) is 0 Å². The Kier molecular flexibility index (Phi) is 5.36. The molecule has 1 fully saturated rings. The SMILES string of the molecule is NCC1CCC(C(=O)NOCc2ccccc2)CC1. The molecule has 1 aromatic rings. The zero-order valence-electron chi connectivity index (χ0n) is 11.2. The Balaban J connectivity index is 1.67. The lowest BCUT2D eigenvalue weighted by molar-refractivity contribution is -0.140. The first-order valence-electron chi connectivity index (χ1n) is 6.95. The lowest BCUT2D eigenvalue weighted by atomic mass is 9.82. The highest BCUT2D eigenvalue weighted by molar-refractivity contribution is 5.77. The molecule has 1 aliphatic rings. The molecular weight excluding hydrogens is 240 g/mol. The van der Waals surface area contributed by atoms with E-state index in [9.17, 15) is 4.79 Å². The van der Waals surface area contributed by atoms with Gasteiger partial charge in [-0.3, -0.25) is 9.63 Å². The van der Waals surface area contributed by atoms with Crippen molar-refractivity contribution in [2.45, 2.75) is 32.3 Å². The van der Waals surface area contributed by atoms with E-state index in [1.807, 2.05) is 30.3 Å². The Labute approximate surface area is 114 Å². The number of hydrogen-bond acceptors (Lipinski definition) is 3. The number of carbonyl (C=O) groups excluding carboxylic acids is 1. The molecule has 0 aromatic heterocycles. The molecule has 0 spiro atoms. The van der Waals surface area contributed by atoms with Crippen LogP contribution in [0.25, 0.3) is 0 Å². The summed E-state index contributed by atoms with van der Waals surface area (Å²) in [6.45, 7) is 1.14. The maximum absolute atomic E-state index is 11.9. The molecule has 0 saturated heterocycles. The van der Waals surface area contributed by atoms with Crippen LogP contribution in [0.4, 0.5) is 0 Å². The average molecular weight is 262 g/mol. The van der Waals surface area contributed by atoms with Crippen LogP contribution in [0.15, 0.2) is 30.3 Å². The summed E-state index contributed by atoms with van der Waals surface area (Å²) in [5.41, 5.74) is 9.26. The Hall–Kier alpha value is -1.39. The van der Waals surface area contributed by atoms with Gasteiger partial charge in [0, 0.05) is 5.92 Å². The van der Waals surface area contributed by atoms with Crippen molar-refractivity contribution in [2.24, 2.45) is 17.6 Å². The second kappa shape index (κ2) is 7.26. The van der Waals surface area contributed by atoms with E-state index in [0.717, 1.165) is 37.8 Å². The number of rotatable bonds is 5. The van der Waals surface area contributed by atoms with Crippen molar-refractivity contribution in [1.29, 1.82) is 0 Å². The van der Waals surface area contributed by atoms with E-state index >= 15 is 0 Å². The lowest BCUT2D eigenvalue weighted by Crippen LogP contribution is -2.34. The third-order valence-electron chi connectivity index (χ3n) is 3.81. The molecule has 0 heterocycles. The van der Waals surface area contributed by atoms with E-state index in [-0.39, 0.29) is 11.8 Å². The molecular formula is C15H22N2O2. The third-order valence-corrected chi connectivity index (χ3v) is 3.81. The van der Waals surface area contributed by atoms with Gasteiger partial charge in [0.05, 0.1) is 6.61 Å². The van der Waals surface area contributed by atoms with E-state index in [4.69, 9.17) is 10.6 Å². The smallest absolute Gasteiger partial charge is 0.246 e. The predicted molar refractivity (Wildman–Crippen MR) is 73.9 cm³/mol. The minimum atomic E-state index is 0.00593. The van der Waals surface area contributed by atoms with Crippen molar-refractivity contribution in [3.63, 3.8) is 0 Å². The third kappa shape index (κ3) is 4.33. The molecule has 4 nitrogen and oxygen atoms in total. The molecule has 1 aromatic carbocycles. The van der Waals surface area contributed by atoms with Crippen LogP contribution in [-0.2, 0) is 16.2 Å². The maximum atomic E-state index is 11.9. The minimum Gasteiger partial charge on any atom is -0.330 e. The molecule has 1 aliphatic carbocycles. The summed E-state index contributed by atoms with van der Waals surface area (Å²) in [4.78, 5) is 17.2. The fourth-order valence-electron chi connectivity index (χ4n) is 2.51. The topological polar surface area (TPSA) is 64.4 Å². The highest BCUT2D eigenvalue weighted by Gasteiger charge is 2.25. The van der Waals surface area contributed by atoms with Gasteiger partial charge in [0.25, 0.3) is 0 Å². The van der Waals surface area contributed by atoms with Crippen LogP contribution in [0.1, 0.15) is 31.2 Å². The zero-order valence-corrected chi connectivity index (χ0v) is 11.2. The van der Waals surface area contributed by atoms with Crippen LogP contribution in [0, 0.1) is 11.8 Å². The van der Waals surface area contributed by atoms with Crippen LogP contribution >= 0.6 is 0 Å². The molecule has 1 saturated carbocycles. The standard InChI is InChI=1S/C15H22N2O2/c16-10-12-6-8-14(9-7-12)15(18)17-19-11-13-4-2-1-3-5-13/h1-5,12,14H,6-11,16H2,(H,17,18). The van der Waals surface area contributed by atoms with Gasteiger partial charge in [-0.15, -0.1) is 0 Å². The molecule has 104 valence electrons. The summed E-state index contributed by atoms with van der Waals surface area (Å²) in [5.74, 6) is 0.680. The van der Waals surface area contributed by atoms with E-state index in [1.165, 1.54) is 0 Å². The Morgan fingerprint density at radius 3 is 2.53 bits per heavy atom. The van der Waals surface area contributed by atoms with Gasteiger partial charge in [0.15, 0.2) is 0 Å². The summed E-state index contributed by atoms with van der Waals surface area (Å²) in [5, 5.41) is 0. The van der Waals surface area contributed by atoms with Crippen molar-refractivity contribution in [2.75, 3.05) is 6.54 Å². The second-order valence-electron chi connectivity index (χ2n) is 5.19. The monoisotopic (exact) mass is 262 g/mol. The van der Waals surface area contributed by atoms with Gasteiger partial charge in [-0.25, -0.2) is 5.48 Å². The molecule has 0 radical (unpaired) electrons. The molecule has 0 aliphatic heterocycles. The number of nitrogens with one attached hydrogen (secondary N) is 1. The predicted octanol–water partition coefficient (Wildman–Crippen LogP) is 2.00. The van der Waals surface area contributed by atoms with Gasteiger partial charge in [0.2, 0.25) is 5.91 Å². The van der Waals surface area contributed by atoms with Crippen molar-refractivity contribution in [3.05, 3.63) is 35.9 Å². The second-order valence-corrected chi connectivity index (χ2v) is 5.19. The van der Waals surface area contributed by atoms with Gasteiger partial charge >= 0.3 is 0 Å². The van der Waals surface area contributed by atoms with Crippen molar-refractivity contribution >= 4 is 5.91 Å². The number of benzene rings is 1. The highest BCUT2D eigenvalue weighted by atomic mass is 16.6. The van der Waals surface area contributed by atoms with E-state index in [2.05, 4.69) is 5.48 Å². The maximum Gasteiger partial charge on any atom is 0.246 e. The quantitative estimate of drug-likeness (QED) is 0.798. The normalized spacial score (nSPS) is 23.0. The largest absolute Gasteiger partial charge is 0.330 e. The molecule has 3 N–H and O–H groups in total. The Morgan fingerprint density at radius 1 is 1.21 bits per heavy atom. The Bertz CT molecular complexity index is 386. The van der Waals surface area contributed by atoms with Gasteiger partial charge in [-0.1, -0.05) is 30.3 Å². The van der Waals surface area contributed by atoms with Crippen molar-refractivity contribution in [1.82, 2.24) is 5.48 Å². The van der Waals surface area contributed by atoms with Crippen LogP contribution < -0.4 is 11.2 Å². The molecule has 4 heteroatoms. The van der Waals surface area contributed by atoms with Gasteiger partial charge in [-0.05, 0) is 43.7 Å². The van der Waals surface area contributed by atoms with Crippen LogP contribution in [0.3, 0.4) is 0 Å². The van der Waals surface area contributed by atoms with Gasteiger partial charge < -0.3 is 5.73 Å². The zero-order chi connectivity index (χ0) is 13.5. The van der Waals surface area contributed by atoms with E-state index < -0.39 is 0 Å². The molecule has 19 heavy (non-hydrogen) atoms. The molecule has 0 bridgehead atoms. The van der Waals surface area contributed by atoms with E-state index in [1.54, 1.807) is 0 Å². The summed E-state index contributed by atoms with van der Waals surface area (Å²) >= 11 is 0. The summed E-state index contributed by atoms with van der Waals surface area (Å²) in [6, 6.07) is 9.80. The fraction of sp³-hybridized carbons (Fsp3) is 0.533. The fourth-order valence-corrected chi connectivity index (χ4v) is 2.51. The summed E-state index contributed by atoms with van der Waals surface area (Å²) in [7, 11) is 0. The summed E-state index contributed by atoms with van der Waals surface area (Å²) < 4.78 is 0. The highest BCUT2D eigenvalue weighted by Crippen LogP contribution is 2.28. The number of hydroxylamine groups is 1. The van der Waals surface area contributed by atoms with Crippen LogP contribution in [-0.4, -0.2) is 12.5 Å². The van der Waals surface area contributed by atoms with Crippen LogP contribution in [0.2, 0.25) is 0 Å². The first kappa shape index (κ1) is 14.0.